The van der Waals surface area contributed by atoms with Gasteiger partial charge < -0.3 is 15.8 Å². The van der Waals surface area contributed by atoms with E-state index < -0.39 is 0 Å². The lowest BCUT2D eigenvalue weighted by molar-refractivity contribution is 0.0897. The molecule has 3 N–H and O–H groups in total. The zero-order chi connectivity index (χ0) is 18.0. The average molecular weight is 453 g/mol. The molecule has 1 heterocycles. The van der Waals surface area contributed by atoms with Crippen LogP contribution >= 0.6 is 48.0 Å². The van der Waals surface area contributed by atoms with E-state index in [0.717, 1.165) is 12.8 Å². The van der Waals surface area contributed by atoms with E-state index in [1.54, 1.807) is 30.3 Å². The van der Waals surface area contributed by atoms with Gasteiger partial charge in [0, 0.05) is 18.8 Å². The summed E-state index contributed by atoms with van der Waals surface area (Å²) < 4.78 is 5.62. The van der Waals surface area contributed by atoms with Crippen LogP contribution in [0, 0.1) is 5.92 Å². The molecule has 0 radical (unpaired) electrons. The van der Waals surface area contributed by atoms with Crippen molar-refractivity contribution in [1.82, 2.24) is 10.3 Å². The molecular weight excluding hydrogens is 432 g/mol. The largest absolute Gasteiger partial charge is 0.437 e. The van der Waals surface area contributed by atoms with Gasteiger partial charge in [-0.25, -0.2) is 4.98 Å². The minimum atomic E-state index is -0.374. The Morgan fingerprint density at radius 3 is 2.56 bits per heavy atom. The first kappa shape index (κ1) is 23.8. The third kappa shape index (κ3) is 5.62. The van der Waals surface area contributed by atoms with Crippen LogP contribution in [-0.2, 0) is 0 Å². The molecule has 148 valence electrons. The van der Waals surface area contributed by atoms with Gasteiger partial charge in [0.15, 0.2) is 0 Å². The number of amides is 1. The lowest BCUT2D eigenvalue weighted by Gasteiger charge is -2.29. The molecule has 27 heavy (non-hydrogen) atoms. The van der Waals surface area contributed by atoms with Gasteiger partial charge in [0.25, 0.3) is 5.91 Å². The van der Waals surface area contributed by atoms with Crippen LogP contribution in [0.3, 0.4) is 0 Å². The zero-order valence-electron chi connectivity index (χ0n) is 14.6. The van der Waals surface area contributed by atoms with Crippen molar-refractivity contribution in [3.63, 3.8) is 0 Å². The maximum absolute atomic E-state index is 12.4. The van der Waals surface area contributed by atoms with Crippen molar-refractivity contribution in [3.05, 3.63) is 52.1 Å². The number of carbonyl (C=O) groups is 1. The summed E-state index contributed by atoms with van der Waals surface area (Å²) in [5.74, 6) is 0.981. The van der Waals surface area contributed by atoms with E-state index in [1.807, 2.05) is 6.92 Å². The fourth-order valence-corrected chi connectivity index (χ4v) is 2.95. The van der Waals surface area contributed by atoms with Crippen molar-refractivity contribution in [2.24, 2.45) is 11.7 Å². The molecule has 1 fully saturated rings. The van der Waals surface area contributed by atoms with Crippen molar-refractivity contribution in [2.45, 2.75) is 25.3 Å². The molecular formula is C18H21Cl4N3O2. The molecule has 1 aromatic carbocycles. The van der Waals surface area contributed by atoms with Crippen LogP contribution in [0.4, 0.5) is 0 Å². The van der Waals surface area contributed by atoms with Crippen molar-refractivity contribution in [1.29, 1.82) is 0 Å². The highest BCUT2D eigenvalue weighted by Gasteiger charge is 2.41. The first-order valence-corrected chi connectivity index (χ1v) is 8.79. The molecule has 1 amide bonds. The summed E-state index contributed by atoms with van der Waals surface area (Å²) in [7, 11) is 0. The molecule has 3 rings (SSSR count). The van der Waals surface area contributed by atoms with Gasteiger partial charge in [-0.1, -0.05) is 29.3 Å². The molecule has 1 saturated carbocycles. The summed E-state index contributed by atoms with van der Waals surface area (Å²) in [5.41, 5.74) is 5.91. The molecule has 1 aliphatic rings. The standard InChI is InChI=1S/C18H19Cl2N3O2.2ClH/c1-18(10-21,12-6-7-12)23-17(24)11-5-8-15(22-9-11)25-14-4-2-3-13(19)16(14)20;;/h2-5,8-9,12H,6-7,10,21H2,1H3,(H,23,24);2*1H. The normalized spacial score (nSPS) is 15.0. The average Bonchev–Trinajstić information content (AvgIpc) is 3.45. The summed E-state index contributed by atoms with van der Waals surface area (Å²) in [6.45, 7) is 2.39. The van der Waals surface area contributed by atoms with Gasteiger partial charge in [0.05, 0.1) is 16.1 Å². The minimum Gasteiger partial charge on any atom is -0.437 e. The van der Waals surface area contributed by atoms with Gasteiger partial charge in [0.1, 0.15) is 10.8 Å². The SMILES string of the molecule is CC(CN)(NC(=O)c1ccc(Oc2cccc(Cl)c2Cl)nc1)C1CC1.Cl.Cl. The number of benzene rings is 1. The summed E-state index contributed by atoms with van der Waals surface area (Å²) in [6, 6.07) is 8.37. The summed E-state index contributed by atoms with van der Waals surface area (Å²) in [4.78, 5) is 16.6. The highest BCUT2D eigenvalue weighted by Crippen LogP contribution is 2.39. The van der Waals surface area contributed by atoms with E-state index in [-0.39, 0.29) is 36.3 Å². The number of ether oxygens (including phenoxy) is 1. The van der Waals surface area contributed by atoms with Crippen molar-refractivity contribution in [3.8, 4) is 11.6 Å². The van der Waals surface area contributed by atoms with Crippen LogP contribution in [-0.4, -0.2) is 23.0 Å². The van der Waals surface area contributed by atoms with Crippen LogP contribution in [0.2, 0.25) is 10.0 Å². The smallest absolute Gasteiger partial charge is 0.253 e. The Labute approximate surface area is 180 Å². The van der Waals surface area contributed by atoms with E-state index >= 15 is 0 Å². The first-order valence-electron chi connectivity index (χ1n) is 8.03. The monoisotopic (exact) mass is 451 g/mol. The molecule has 1 unspecified atom stereocenters. The summed E-state index contributed by atoms with van der Waals surface area (Å²) in [6.07, 6.45) is 3.66. The molecule has 0 spiro atoms. The quantitative estimate of drug-likeness (QED) is 0.654. The van der Waals surface area contributed by atoms with Crippen LogP contribution in [0.1, 0.15) is 30.1 Å². The molecule has 5 nitrogen and oxygen atoms in total. The summed E-state index contributed by atoms with van der Waals surface area (Å²) in [5, 5.41) is 3.74. The second kappa shape index (κ2) is 9.80. The Morgan fingerprint density at radius 1 is 1.30 bits per heavy atom. The first-order chi connectivity index (χ1) is 11.9. The molecule has 1 aromatic heterocycles. The second-order valence-electron chi connectivity index (χ2n) is 6.39. The van der Waals surface area contributed by atoms with Gasteiger partial charge in [-0.15, -0.1) is 24.8 Å². The topological polar surface area (TPSA) is 77.2 Å². The number of hydrogen-bond donors (Lipinski definition) is 2. The second-order valence-corrected chi connectivity index (χ2v) is 7.17. The number of nitrogens with two attached hydrogens (primary N) is 1. The van der Waals surface area contributed by atoms with Crippen molar-refractivity contribution < 1.29 is 9.53 Å². The highest BCUT2D eigenvalue weighted by atomic mass is 35.5. The van der Waals surface area contributed by atoms with Crippen LogP contribution in [0.5, 0.6) is 11.6 Å². The predicted molar refractivity (Wildman–Crippen MR) is 113 cm³/mol. The van der Waals surface area contributed by atoms with Gasteiger partial charge in [-0.05, 0) is 43.9 Å². The maximum atomic E-state index is 12.4. The number of carbonyl (C=O) groups excluding carboxylic acids is 1. The molecule has 0 aliphatic heterocycles. The van der Waals surface area contributed by atoms with Gasteiger partial charge >= 0.3 is 0 Å². The molecule has 0 bridgehead atoms. The Bertz CT molecular complexity index is 785. The van der Waals surface area contributed by atoms with Crippen LogP contribution < -0.4 is 15.8 Å². The molecule has 1 aliphatic carbocycles. The molecule has 0 saturated heterocycles. The maximum Gasteiger partial charge on any atom is 0.253 e. The Balaban J connectivity index is 0.00000182. The van der Waals surface area contributed by atoms with Crippen LogP contribution in [0.25, 0.3) is 0 Å². The fraction of sp³-hybridized carbons (Fsp3) is 0.333. The lowest BCUT2D eigenvalue weighted by Crippen LogP contribution is -2.53. The van der Waals surface area contributed by atoms with Crippen molar-refractivity contribution in [2.75, 3.05) is 6.54 Å². The number of halogens is 4. The fourth-order valence-electron chi connectivity index (χ4n) is 2.62. The number of pyridine rings is 1. The number of aromatic nitrogens is 1. The highest BCUT2D eigenvalue weighted by molar-refractivity contribution is 6.42. The number of rotatable bonds is 6. The van der Waals surface area contributed by atoms with Gasteiger partial charge in [-0.2, -0.15) is 0 Å². The zero-order valence-corrected chi connectivity index (χ0v) is 17.7. The van der Waals surface area contributed by atoms with Crippen LogP contribution in [0.15, 0.2) is 36.5 Å². The number of hydrogen-bond acceptors (Lipinski definition) is 4. The third-order valence-corrected chi connectivity index (χ3v) is 5.23. The summed E-state index contributed by atoms with van der Waals surface area (Å²) >= 11 is 12.0. The number of nitrogens with zero attached hydrogens (tertiary/aromatic N) is 1. The molecule has 9 heteroatoms. The van der Waals surface area contributed by atoms with Gasteiger partial charge in [0.2, 0.25) is 5.88 Å². The molecule has 2 aromatic rings. The Hall–Kier alpha value is -1.24. The third-order valence-electron chi connectivity index (χ3n) is 4.43. The van der Waals surface area contributed by atoms with Crippen molar-refractivity contribution >= 4 is 53.9 Å². The predicted octanol–water partition coefficient (Wildman–Crippen LogP) is 4.88. The lowest BCUT2D eigenvalue weighted by atomic mass is 9.95. The molecule has 1 atom stereocenters. The minimum absolute atomic E-state index is 0. The van der Waals surface area contributed by atoms with E-state index in [4.69, 9.17) is 33.7 Å². The van der Waals surface area contributed by atoms with E-state index in [9.17, 15) is 4.79 Å². The van der Waals surface area contributed by atoms with E-state index in [1.165, 1.54) is 6.20 Å². The Kier molecular flexibility index (Phi) is 8.64. The van der Waals surface area contributed by atoms with Gasteiger partial charge in [-0.3, -0.25) is 4.79 Å². The van der Waals surface area contributed by atoms with E-state index in [0.29, 0.717) is 39.7 Å². The van der Waals surface area contributed by atoms with E-state index in [2.05, 4.69) is 10.3 Å². The number of nitrogens with one attached hydrogen (secondary N) is 1. The Morgan fingerprint density at radius 2 is 2.00 bits per heavy atom.